The lowest BCUT2D eigenvalue weighted by Gasteiger charge is -2.20. The number of aromatic nitrogens is 2. The molecule has 5 nitrogen and oxygen atoms in total. The molecule has 24 heavy (non-hydrogen) atoms. The Morgan fingerprint density at radius 3 is 2.88 bits per heavy atom. The standard InChI is InChI=1S/C19H24N2O3/c1-14-7-9-17-20-16(11-18(22)21(17)12-14)13-24-19(23)10-8-15-5-3-2-4-6-15/h7,9,11-12,15H,2-6,8,10,13H2,1H3. The van der Waals surface area contributed by atoms with Crippen LogP contribution in [-0.2, 0) is 16.1 Å². The predicted molar refractivity (Wildman–Crippen MR) is 91.8 cm³/mol. The average molecular weight is 328 g/mol. The highest BCUT2D eigenvalue weighted by atomic mass is 16.5. The number of carbonyl (C=O) groups excluding carboxylic acids is 1. The van der Waals surface area contributed by atoms with Crippen molar-refractivity contribution in [2.45, 2.75) is 58.5 Å². The number of pyridine rings is 1. The Bertz CT molecular complexity index is 776. The minimum Gasteiger partial charge on any atom is -0.459 e. The molecule has 0 spiro atoms. The molecule has 0 radical (unpaired) electrons. The average Bonchev–Trinajstić information content (AvgIpc) is 2.60. The molecular formula is C19H24N2O3. The molecule has 128 valence electrons. The van der Waals surface area contributed by atoms with Crippen molar-refractivity contribution in [3.63, 3.8) is 0 Å². The summed E-state index contributed by atoms with van der Waals surface area (Å²) in [6, 6.07) is 5.13. The number of esters is 1. The fourth-order valence-electron chi connectivity index (χ4n) is 3.36. The summed E-state index contributed by atoms with van der Waals surface area (Å²) in [6.45, 7) is 1.98. The lowest BCUT2D eigenvalue weighted by molar-refractivity contribution is -0.145. The molecule has 0 unspecified atom stereocenters. The van der Waals surface area contributed by atoms with Gasteiger partial charge in [-0.05, 0) is 30.9 Å². The van der Waals surface area contributed by atoms with Crippen LogP contribution in [0.2, 0.25) is 0 Å². The molecule has 1 fully saturated rings. The molecule has 2 heterocycles. The minimum atomic E-state index is -0.202. The molecule has 0 saturated heterocycles. The number of carbonyl (C=O) groups is 1. The van der Waals surface area contributed by atoms with E-state index in [-0.39, 0.29) is 18.1 Å². The van der Waals surface area contributed by atoms with Gasteiger partial charge in [-0.15, -0.1) is 0 Å². The van der Waals surface area contributed by atoms with Crippen LogP contribution in [0.15, 0.2) is 29.2 Å². The molecule has 0 N–H and O–H groups in total. The molecule has 1 aliphatic rings. The highest BCUT2D eigenvalue weighted by molar-refractivity contribution is 5.69. The molecule has 0 aromatic carbocycles. The van der Waals surface area contributed by atoms with Crippen LogP contribution < -0.4 is 5.56 Å². The Hall–Kier alpha value is -2.17. The summed E-state index contributed by atoms with van der Waals surface area (Å²) in [5.74, 6) is 0.462. The number of rotatable bonds is 5. The van der Waals surface area contributed by atoms with E-state index in [1.54, 1.807) is 12.3 Å². The second-order valence-corrected chi connectivity index (χ2v) is 6.72. The largest absolute Gasteiger partial charge is 0.459 e. The first-order valence-electron chi connectivity index (χ1n) is 8.76. The number of ether oxygens (including phenoxy) is 1. The first-order valence-corrected chi connectivity index (χ1v) is 8.76. The first kappa shape index (κ1) is 16.7. The van der Waals surface area contributed by atoms with Crippen LogP contribution in [0, 0.1) is 12.8 Å². The van der Waals surface area contributed by atoms with Crippen LogP contribution in [0.1, 0.15) is 56.2 Å². The zero-order valence-corrected chi connectivity index (χ0v) is 14.2. The summed E-state index contributed by atoms with van der Waals surface area (Å²) in [5.41, 5.74) is 1.90. The second-order valence-electron chi connectivity index (χ2n) is 6.72. The van der Waals surface area contributed by atoms with E-state index in [4.69, 9.17) is 4.74 Å². The monoisotopic (exact) mass is 328 g/mol. The van der Waals surface area contributed by atoms with E-state index in [0.717, 1.165) is 12.0 Å². The maximum Gasteiger partial charge on any atom is 0.306 e. The van der Waals surface area contributed by atoms with Gasteiger partial charge in [0.2, 0.25) is 0 Å². The van der Waals surface area contributed by atoms with Crippen LogP contribution in [-0.4, -0.2) is 15.4 Å². The van der Waals surface area contributed by atoms with Gasteiger partial charge in [-0.25, -0.2) is 4.98 Å². The van der Waals surface area contributed by atoms with E-state index < -0.39 is 0 Å². The van der Waals surface area contributed by atoms with E-state index in [9.17, 15) is 9.59 Å². The SMILES string of the molecule is Cc1ccc2nc(COC(=O)CCC3CCCCC3)cc(=O)n2c1. The maximum atomic E-state index is 12.1. The van der Waals surface area contributed by atoms with Crippen molar-refractivity contribution in [1.82, 2.24) is 9.38 Å². The zero-order valence-electron chi connectivity index (χ0n) is 14.2. The van der Waals surface area contributed by atoms with Gasteiger partial charge in [-0.3, -0.25) is 14.0 Å². The van der Waals surface area contributed by atoms with Gasteiger partial charge in [0, 0.05) is 18.7 Å². The summed E-state index contributed by atoms with van der Waals surface area (Å²) in [6.07, 6.45) is 9.47. The molecular weight excluding hydrogens is 304 g/mol. The Balaban J connectivity index is 1.56. The Morgan fingerprint density at radius 1 is 1.29 bits per heavy atom. The number of fused-ring (bicyclic) bond motifs is 1. The third kappa shape index (κ3) is 4.22. The second kappa shape index (κ2) is 7.60. The van der Waals surface area contributed by atoms with Crippen LogP contribution in [0.4, 0.5) is 0 Å². The molecule has 2 aromatic heterocycles. The highest BCUT2D eigenvalue weighted by Gasteiger charge is 2.15. The fourth-order valence-corrected chi connectivity index (χ4v) is 3.36. The topological polar surface area (TPSA) is 60.7 Å². The van der Waals surface area contributed by atoms with Gasteiger partial charge in [0.15, 0.2) is 0 Å². The molecule has 1 saturated carbocycles. The number of hydrogen-bond acceptors (Lipinski definition) is 4. The lowest BCUT2D eigenvalue weighted by atomic mass is 9.86. The molecule has 0 atom stereocenters. The van der Waals surface area contributed by atoms with Gasteiger partial charge < -0.3 is 4.74 Å². The van der Waals surface area contributed by atoms with Gasteiger partial charge in [-0.2, -0.15) is 0 Å². The summed E-state index contributed by atoms with van der Waals surface area (Å²) in [5, 5.41) is 0. The van der Waals surface area contributed by atoms with E-state index in [1.165, 1.54) is 42.6 Å². The quantitative estimate of drug-likeness (QED) is 0.789. The maximum absolute atomic E-state index is 12.1. The normalized spacial score (nSPS) is 15.5. The van der Waals surface area contributed by atoms with Crippen molar-refractivity contribution < 1.29 is 9.53 Å². The molecule has 1 aliphatic carbocycles. The minimum absolute atomic E-state index is 0.0586. The lowest BCUT2D eigenvalue weighted by Crippen LogP contribution is -2.17. The molecule has 0 bridgehead atoms. The van der Waals surface area contributed by atoms with Crippen molar-refractivity contribution in [3.05, 3.63) is 46.0 Å². The van der Waals surface area contributed by atoms with Crippen molar-refractivity contribution in [1.29, 1.82) is 0 Å². The van der Waals surface area contributed by atoms with E-state index in [0.29, 0.717) is 23.7 Å². The Labute approximate surface area is 141 Å². The first-order chi connectivity index (χ1) is 11.6. The summed E-state index contributed by atoms with van der Waals surface area (Å²) in [4.78, 5) is 28.4. The molecule has 5 heteroatoms. The Morgan fingerprint density at radius 2 is 2.08 bits per heavy atom. The van der Waals surface area contributed by atoms with Gasteiger partial charge in [-0.1, -0.05) is 38.2 Å². The van der Waals surface area contributed by atoms with Crippen molar-refractivity contribution >= 4 is 11.6 Å². The number of nitrogens with zero attached hydrogens (tertiary/aromatic N) is 2. The van der Waals surface area contributed by atoms with Crippen molar-refractivity contribution in [3.8, 4) is 0 Å². The number of hydrogen-bond donors (Lipinski definition) is 0. The third-order valence-electron chi connectivity index (χ3n) is 4.72. The molecule has 0 amide bonds. The van der Waals surface area contributed by atoms with E-state index in [1.807, 2.05) is 13.0 Å². The van der Waals surface area contributed by atoms with Crippen LogP contribution in [0.25, 0.3) is 5.65 Å². The van der Waals surface area contributed by atoms with Crippen LogP contribution >= 0.6 is 0 Å². The van der Waals surface area contributed by atoms with Crippen molar-refractivity contribution in [2.75, 3.05) is 0 Å². The van der Waals surface area contributed by atoms with Crippen LogP contribution in [0.3, 0.4) is 0 Å². The smallest absolute Gasteiger partial charge is 0.306 e. The number of aryl methyl sites for hydroxylation is 1. The van der Waals surface area contributed by atoms with Gasteiger partial charge in [0.05, 0.1) is 5.69 Å². The van der Waals surface area contributed by atoms with E-state index in [2.05, 4.69) is 4.98 Å². The Kier molecular flexibility index (Phi) is 5.28. The van der Waals surface area contributed by atoms with Crippen molar-refractivity contribution in [2.24, 2.45) is 5.92 Å². The van der Waals surface area contributed by atoms with Gasteiger partial charge in [0.1, 0.15) is 12.3 Å². The zero-order chi connectivity index (χ0) is 16.9. The highest BCUT2D eigenvalue weighted by Crippen LogP contribution is 2.27. The molecule has 2 aromatic rings. The molecule has 3 rings (SSSR count). The summed E-state index contributed by atoms with van der Waals surface area (Å²) >= 11 is 0. The van der Waals surface area contributed by atoms with Gasteiger partial charge in [0.25, 0.3) is 5.56 Å². The fraction of sp³-hybridized carbons (Fsp3) is 0.526. The summed E-state index contributed by atoms with van der Waals surface area (Å²) in [7, 11) is 0. The van der Waals surface area contributed by atoms with Gasteiger partial charge >= 0.3 is 5.97 Å². The third-order valence-corrected chi connectivity index (χ3v) is 4.72. The summed E-state index contributed by atoms with van der Waals surface area (Å²) < 4.78 is 6.80. The van der Waals surface area contributed by atoms with E-state index >= 15 is 0 Å². The van der Waals surface area contributed by atoms with Crippen LogP contribution in [0.5, 0.6) is 0 Å². The molecule has 0 aliphatic heterocycles. The predicted octanol–water partition coefficient (Wildman–Crippen LogP) is 3.41.